The van der Waals surface area contributed by atoms with Crippen LogP contribution in [-0.4, -0.2) is 36.3 Å². The van der Waals surface area contributed by atoms with Crippen molar-refractivity contribution in [3.8, 4) is 0 Å². The maximum absolute atomic E-state index is 12.3. The summed E-state index contributed by atoms with van der Waals surface area (Å²) in [6, 6.07) is 8.11. The SMILES string of the molecule is C=C/C(=C\C)NC(=O)NCC[C@@H](C(C)=O)N(C)C(C)c1ccc(C(C)(C)C)cc1. The number of hydrogen-bond acceptors (Lipinski definition) is 3. The average Bonchev–Trinajstić information content (AvgIpc) is 2.67. The standard InChI is InChI=1S/C24H37N3O2/c1-9-21(10-2)26-23(29)25-16-15-22(18(4)28)27(8)17(3)19-11-13-20(14-12-19)24(5,6)7/h9-14,17,22H,1,15-16H2,2-8H3,(H2,25,26,29)/b21-10+/t17?,22-/m0/s1. The molecule has 0 bridgehead atoms. The maximum Gasteiger partial charge on any atom is 0.319 e. The van der Waals surface area contributed by atoms with Gasteiger partial charge in [0.1, 0.15) is 5.78 Å². The highest BCUT2D eigenvalue weighted by atomic mass is 16.2. The van der Waals surface area contributed by atoms with Crippen molar-refractivity contribution in [3.05, 3.63) is 59.8 Å². The van der Waals surface area contributed by atoms with Gasteiger partial charge in [0.25, 0.3) is 0 Å². The van der Waals surface area contributed by atoms with E-state index in [1.165, 1.54) is 11.1 Å². The Morgan fingerprint density at radius 1 is 1.21 bits per heavy atom. The Bertz CT molecular complexity index is 729. The highest BCUT2D eigenvalue weighted by Gasteiger charge is 2.25. The summed E-state index contributed by atoms with van der Waals surface area (Å²) in [6.07, 6.45) is 3.90. The Labute approximate surface area is 176 Å². The second-order valence-electron chi connectivity index (χ2n) is 8.46. The molecule has 0 saturated carbocycles. The molecule has 0 fully saturated rings. The molecule has 0 aliphatic heterocycles. The van der Waals surface area contributed by atoms with Crippen LogP contribution in [0.3, 0.4) is 0 Å². The van der Waals surface area contributed by atoms with Crippen LogP contribution >= 0.6 is 0 Å². The van der Waals surface area contributed by atoms with Gasteiger partial charge in [0.2, 0.25) is 0 Å². The molecule has 0 saturated heterocycles. The highest BCUT2D eigenvalue weighted by molar-refractivity contribution is 5.81. The number of nitrogens with one attached hydrogen (secondary N) is 2. The molecule has 5 nitrogen and oxygen atoms in total. The second kappa shape index (κ2) is 11.0. The van der Waals surface area contributed by atoms with Crippen molar-refractivity contribution in [3.63, 3.8) is 0 Å². The van der Waals surface area contributed by atoms with Gasteiger partial charge in [-0.05, 0) is 56.9 Å². The molecule has 1 unspecified atom stereocenters. The van der Waals surface area contributed by atoms with Crippen molar-refractivity contribution in [2.45, 2.75) is 65.5 Å². The number of urea groups is 1. The van der Waals surface area contributed by atoms with E-state index in [0.29, 0.717) is 18.7 Å². The van der Waals surface area contributed by atoms with Gasteiger partial charge >= 0.3 is 6.03 Å². The summed E-state index contributed by atoms with van der Waals surface area (Å²) < 4.78 is 0. The number of Topliss-reactive ketones (excluding diaryl/α,β-unsaturated/α-hetero) is 1. The van der Waals surface area contributed by atoms with Crippen molar-refractivity contribution in [2.24, 2.45) is 0 Å². The van der Waals surface area contributed by atoms with Gasteiger partial charge in [0, 0.05) is 18.3 Å². The summed E-state index contributed by atoms with van der Waals surface area (Å²) in [5.74, 6) is 0.0908. The predicted molar refractivity (Wildman–Crippen MR) is 121 cm³/mol. The lowest BCUT2D eigenvalue weighted by Crippen LogP contribution is -2.43. The molecule has 0 spiro atoms. The third-order valence-electron chi connectivity index (χ3n) is 5.32. The second-order valence-corrected chi connectivity index (χ2v) is 8.46. The fraction of sp³-hybridized carbons (Fsp3) is 0.500. The first kappa shape index (κ1) is 24.6. The van der Waals surface area contributed by atoms with Crippen LogP contribution in [-0.2, 0) is 10.2 Å². The summed E-state index contributed by atoms with van der Waals surface area (Å²) in [7, 11) is 1.96. The van der Waals surface area contributed by atoms with Crippen molar-refractivity contribution in [1.29, 1.82) is 0 Å². The van der Waals surface area contributed by atoms with Crippen LogP contribution in [0, 0.1) is 0 Å². The minimum atomic E-state index is -0.297. The van der Waals surface area contributed by atoms with Crippen LogP contribution in [0.25, 0.3) is 0 Å². The molecule has 0 aliphatic rings. The molecule has 2 atom stereocenters. The number of nitrogens with zero attached hydrogens (tertiary/aromatic N) is 1. The molecule has 0 radical (unpaired) electrons. The molecular weight excluding hydrogens is 362 g/mol. The number of rotatable bonds is 9. The van der Waals surface area contributed by atoms with Crippen molar-refractivity contribution in [1.82, 2.24) is 15.5 Å². The van der Waals surface area contributed by atoms with E-state index in [4.69, 9.17) is 0 Å². The molecule has 160 valence electrons. The molecule has 0 heterocycles. The number of amides is 2. The Hall–Kier alpha value is -2.40. The van der Waals surface area contributed by atoms with Gasteiger partial charge in [-0.3, -0.25) is 9.69 Å². The van der Waals surface area contributed by atoms with Crippen LogP contribution in [0.4, 0.5) is 4.79 Å². The summed E-state index contributed by atoms with van der Waals surface area (Å²) in [5, 5.41) is 5.52. The highest BCUT2D eigenvalue weighted by Crippen LogP contribution is 2.27. The number of allylic oxidation sites excluding steroid dienone is 2. The lowest BCUT2D eigenvalue weighted by molar-refractivity contribution is -0.122. The fourth-order valence-electron chi connectivity index (χ4n) is 3.20. The molecule has 0 aliphatic carbocycles. The smallest absolute Gasteiger partial charge is 0.319 e. The van der Waals surface area contributed by atoms with E-state index in [1.54, 1.807) is 19.1 Å². The zero-order valence-electron chi connectivity index (χ0n) is 19.0. The van der Waals surface area contributed by atoms with Crippen LogP contribution in [0.5, 0.6) is 0 Å². The lowest BCUT2D eigenvalue weighted by Gasteiger charge is -2.32. The minimum Gasteiger partial charge on any atom is -0.338 e. The quantitative estimate of drug-likeness (QED) is 0.591. The Balaban J connectivity index is 2.74. The van der Waals surface area contributed by atoms with E-state index in [-0.39, 0.29) is 29.3 Å². The third-order valence-corrected chi connectivity index (χ3v) is 5.32. The van der Waals surface area contributed by atoms with Crippen molar-refractivity contribution < 1.29 is 9.59 Å². The first-order valence-electron chi connectivity index (χ1n) is 10.2. The first-order chi connectivity index (χ1) is 13.5. The van der Waals surface area contributed by atoms with Gasteiger partial charge in [-0.15, -0.1) is 0 Å². The summed E-state index contributed by atoms with van der Waals surface area (Å²) >= 11 is 0. The number of ketones is 1. The Kier molecular flexibility index (Phi) is 9.31. The fourth-order valence-corrected chi connectivity index (χ4v) is 3.20. The summed E-state index contributed by atoms with van der Waals surface area (Å²) in [5.41, 5.74) is 3.21. The Morgan fingerprint density at radius 2 is 1.79 bits per heavy atom. The zero-order valence-corrected chi connectivity index (χ0v) is 19.0. The van der Waals surface area contributed by atoms with Gasteiger partial charge < -0.3 is 10.6 Å². The van der Waals surface area contributed by atoms with Crippen molar-refractivity contribution >= 4 is 11.8 Å². The average molecular weight is 400 g/mol. The summed E-state index contributed by atoms with van der Waals surface area (Å²) in [4.78, 5) is 26.3. The molecule has 29 heavy (non-hydrogen) atoms. The normalized spacial score (nSPS) is 14.3. The zero-order chi connectivity index (χ0) is 22.2. The van der Waals surface area contributed by atoms with Gasteiger partial charge in [-0.2, -0.15) is 0 Å². The van der Waals surface area contributed by atoms with E-state index in [9.17, 15) is 9.59 Å². The molecule has 5 heteroatoms. The number of carbonyl (C=O) groups is 2. The lowest BCUT2D eigenvalue weighted by atomic mass is 9.86. The van der Waals surface area contributed by atoms with E-state index in [1.807, 2.05) is 14.0 Å². The van der Waals surface area contributed by atoms with Gasteiger partial charge in [0.05, 0.1) is 6.04 Å². The van der Waals surface area contributed by atoms with E-state index in [0.717, 1.165) is 0 Å². The number of likely N-dealkylation sites (N-methyl/N-ethyl adjacent to an activating group) is 1. The topological polar surface area (TPSA) is 61.4 Å². The monoisotopic (exact) mass is 399 g/mol. The number of benzene rings is 1. The van der Waals surface area contributed by atoms with Crippen LogP contribution in [0.2, 0.25) is 0 Å². The third kappa shape index (κ3) is 7.50. The van der Waals surface area contributed by atoms with E-state index >= 15 is 0 Å². The van der Waals surface area contributed by atoms with Crippen LogP contribution < -0.4 is 10.6 Å². The molecule has 1 rings (SSSR count). The molecule has 1 aromatic rings. The molecule has 2 N–H and O–H groups in total. The molecule has 0 aromatic heterocycles. The van der Waals surface area contributed by atoms with Crippen LogP contribution in [0.1, 0.15) is 65.1 Å². The number of hydrogen-bond donors (Lipinski definition) is 2. The van der Waals surface area contributed by atoms with Gasteiger partial charge in [0.15, 0.2) is 0 Å². The first-order valence-corrected chi connectivity index (χ1v) is 10.2. The largest absolute Gasteiger partial charge is 0.338 e. The van der Waals surface area contributed by atoms with E-state index < -0.39 is 0 Å². The Morgan fingerprint density at radius 3 is 2.24 bits per heavy atom. The predicted octanol–water partition coefficient (Wildman–Crippen LogP) is 4.71. The molecule has 1 aromatic carbocycles. The van der Waals surface area contributed by atoms with Crippen LogP contribution in [0.15, 0.2) is 48.7 Å². The van der Waals surface area contributed by atoms with Gasteiger partial charge in [-0.1, -0.05) is 57.7 Å². The van der Waals surface area contributed by atoms with Gasteiger partial charge in [-0.25, -0.2) is 4.79 Å². The van der Waals surface area contributed by atoms with E-state index in [2.05, 4.69) is 74.1 Å². The minimum absolute atomic E-state index is 0.0853. The molecule has 2 amide bonds. The summed E-state index contributed by atoms with van der Waals surface area (Å²) in [6.45, 7) is 16.2. The maximum atomic E-state index is 12.3. The molecular formula is C24H37N3O2. The number of carbonyl (C=O) groups excluding carboxylic acids is 2. The van der Waals surface area contributed by atoms with Crippen molar-refractivity contribution in [2.75, 3.05) is 13.6 Å².